The molecule has 6 nitrogen and oxygen atoms in total. The van der Waals surface area contributed by atoms with Crippen LogP contribution in [-0.2, 0) is 32.0 Å². The van der Waals surface area contributed by atoms with Crippen LogP contribution in [0.3, 0.4) is 0 Å². The zero-order valence-corrected chi connectivity index (χ0v) is 5.89. The Labute approximate surface area is 70.7 Å². The number of oxime groups is 1. The van der Waals surface area contributed by atoms with Crippen LogP contribution in [0.2, 0.25) is 0 Å². The summed E-state index contributed by atoms with van der Waals surface area (Å²) in [6.07, 6.45) is 0. The van der Waals surface area contributed by atoms with Crippen LogP contribution in [-0.4, -0.2) is 33.1 Å². The van der Waals surface area contributed by atoms with E-state index in [0.29, 0.717) is 0 Å². The van der Waals surface area contributed by atoms with Crippen molar-refractivity contribution in [2.24, 2.45) is 5.16 Å². The smallest absolute Gasteiger partial charge is 0.365 e. The molecule has 1 radical (unpaired) electrons. The predicted octanol–water partition coefficient (Wildman–Crippen LogP) is -1.02. The minimum absolute atomic E-state index is 0. The Morgan fingerprint density at radius 1 is 1.10 bits per heavy atom. The van der Waals surface area contributed by atoms with Crippen molar-refractivity contribution in [1.29, 1.82) is 0 Å². The van der Waals surface area contributed by atoms with Crippen molar-refractivity contribution in [2.45, 2.75) is 0 Å². The minimum atomic E-state index is -1.77. The summed E-state index contributed by atoms with van der Waals surface area (Å²) < 4.78 is 0. The molecule has 0 rings (SSSR count). The zero-order chi connectivity index (χ0) is 7.44. The molecule has 0 aliphatic heterocycles. The average Bonchev–Trinajstić information content (AvgIpc) is 1.64. The van der Waals surface area contributed by atoms with Crippen molar-refractivity contribution in [3.63, 3.8) is 0 Å². The second-order valence-electron chi connectivity index (χ2n) is 1.06. The summed E-state index contributed by atoms with van der Waals surface area (Å²) >= 11 is 0. The largest absolute Gasteiger partial charge is 0.476 e. The van der Waals surface area contributed by atoms with Crippen LogP contribution in [0.15, 0.2) is 5.16 Å². The Kier molecular flexibility index (Phi) is 5.92. The molecule has 0 saturated carbocycles. The van der Waals surface area contributed by atoms with Crippen LogP contribution in [0.1, 0.15) is 0 Å². The summed E-state index contributed by atoms with van der Waals surface area (Å²) in [5, 5.41) is 25.4. The molecule has 0 unspecified atom stereocenters. The van der Waals surface area contributed by atoms with Crippen molar-refractivity contribution in [2.75, 3.05) is 0 Å². The first-order valence-corrected chi connectivity index (χ1v) is 1.78. The summed E-state index contributed by atoms with van der Waals surface area (Å²) in [5.74, 6) is -3.55. The number of aliphatic carboxylic acids is 2. The van der Waals surface area contributed by atoms with E-state index in [4.69, 9.17) is 15.4 Å². The molecule has 0 aromatic carbocycles. The van der Waals surface area contributed by atoms with E-state index in [0.717, 1.165) is 0 Å². The van der Waals surface area contributed by atoms with Crippen LogP contribution >= 0.6 is 0 Å². The molecule has 0 spiro atoms. The van der Waals surface area contributed by atoms with Crippen LogP contribution in [0.4, 0.5) is 0 Å². The van der Waals surface area contributed by atoms with E-state index in [1.807, 2.05) is 5.16 Å². The third-order valence-electron chi connectivity index (χ3n) is 0.505. The van der Waals surface area contributed by atoms with Gasteiger partial charge in [-0.2, -0.15) is 0 Å². The predicted molar refractivity (Wildman–Crippen MR) is 24.5 cm³/mol. The van der Waals surface area contributed by atoms with E-state index in [-0.39, 0.29) is 22.4 Å². The number of carboxylic acids is 2. The Hall–Kier alpha value is -0.850. The molecule has 3 N–H and O–H groups in total. The molecule has 0 heterocycles. The fourth-order valence-corrected chi connectivity index (χ4v) is 0.177. The van der Waals surface area contributed by atoms with Gasteiger partial charge < -0.3 is 15.4 Å². The molecule has 0 aromatic heterocycles. The fourth-order valence-electron chi connectivity index (χ4n) is 0.177. The maximum absolute atomic E-state index is 9.70. The molecule has 61 valence electrons. The van der Waals surface area contributed by atoms with E-state index >= 15 is 0 Å². The fraction of sp³-hybridized carbons (Fsp3) is 0. The zero-order valence-electron chi connectivity index (χ0n) is 4.41. The Morgan fingerprint density at radius 2 is 1.40 bits per heavy atom. The Morgan fingerprint density at radius 3 is 1.40 bits per heavy atom. The maximum Gasteiger partial charge on any atom is 0.365 e. The number of carbonyl (C=O) groups is 2. The van der Waals surface area contributed by atoms with E-state index in [1.165, 1.54) is 0 Å². The van der Waals surface area contributed by atoms with Gasteiger partial charge in [-0.05, 0) is 0 Å². The van der Waals surface area contributed by atoms with E-state index in [2.05, 4.69) is 0 Å². The van der Waals surface area contributed by atoms with Gasteiger partial charge in [0.25, 0.3) is 5.71 Å². The Balaban J connectivity index is 0. The van der Waals surface area contributed by atoms with E-state index < -0.39 is 17.7 Å². The third kappa shape index (κ3) is 3.23. The van der Waals surface area contributed by atoms with Gasteiger partial charge in [0.05, 0.1) is 0 Å². The van der Waals surface area contributed by atoms with Crippen molar-refractivity contribution in [3.8, 4) is 0 Å². The number of hydrogen-bond acceptors (Lipinski definition) is 4. The average molecular weight is 241 g/mol. The molecule has 0 amide bonds. The molecule has 0 saturated heterocycles. The summed E-state index contributed by atoms with van der Waals surface area (Å²) in [6.45, 7) is 0. The summed E-state index contributed by atoms with van der Waals surface area (Å²) in [4.78, 5) is 19.4. The van der Waals surface area contributed by atoms with Gasteiger partial charge in [-0.25, -0.2) is 9.59 Å². The van der Waals surface area contributed by atoms with Crippen molar-refractivity contribution >= 4 is 17.7 Å². The van der Waals surface area contributed by atoms with E-state index in [9.17, 15) is 9.59 Å². The van der Waals surface area contributed by atoms with Crippen LogP contribution < -0.4 is 0 Å². The summed E-state index contributed by atoms with van der Waals surface area (Å²) in [7, 11) is 0. The monoisotopic (exact) mass is 240 g/mol. The molecule has 0 aliphatic carbocycles. The molecule has 0 atom stereocenters. The van der Waals surface area contributed by atoms with Gasteiger partial charge in [-0.1, -0.05) is 5.16 Å². The third-order valence-corrected chi connectivity index (χ3v) is 0.505. The van der Waals surface area contributed by atoms with Gasteiger partial charge in [0.2, 0.25) is 0 Å². The quantitative estimate of drug-likeness (QED) is 0.188. The first-order valence-electron chi connectivity index (χ1n) is 1.78. The summed E-state index contributed by atoms with van der Waals surface area (Å²) in [6, 6.07) is 0. The van der Waals surface area contributed by atoms with Gasteiger partial charge in [-0.15, -0.1) is 0 Å². The normalized spacial score (nSPS) is 7.20. The van der Waals surface area contributed by atoms with Crippen LogP contribution in [0.5, 0.6) is 0 Å². The second kappa shape index (κ2) is 4.98. The standard InChI is InChI=1S/C3H3NO5.Ag/c5-2(6)1(4-9)3(7)8;/h9H,(H,5,6)(H,7,8);. The van der Waals surface area contributed by atoms with Gasteiger partial charge in [0.15, 0.2) is 0 Å². The van der Waals surface area contributed by atoms with Crippen molar-refractivity contribution < 1.29 is 47.4 Å². The van der Waals surface area contributed by atoms with Gasteiger partial charge in [0.1, 0.15) is 0 Å². The topological polar surface area (TPSA) is 107 Å². The molecular weight excluding hydrogens is 238 g/mol. The first-order chi connectivity index (χ1) is 4.09. The molecule has 0 fully saturated rings. The molecule has 0 bridgehead atoms. The van der Waals surface area contributed by atoms with Gasteiger partial charge in [0, 0.05) is 22.4 Å². The van der Waals surface area contributed by atoms with Gasteiger partial charge >= 0.3 is 11.9 Å². The second-order valence-corrected chi connectivity index (χ2v) is 1.06. The first kappa shape index (κ1) is 11.9. The molecule has 0 aromatic rings. The summed E-state index contributed by atoms with van der Waals surface area (Å²) in [5.41, 5.74) is -1.30. The van der Waals surface area contributed by atoms with E-state index in [1.54, 1.807) is 0 Å². The van der Waals surface area contributed by atoms with Crippen molar-refractivity contribution in [3.05, 3.63) is 0 Å². The molecular formula is C3H3AgNO5. The number of nitrogens with zero attached hydrogens (tertiary/aromatic N) is 1. The molecule has 7 heteroatoms. The van der Waals surface area contributed by atoms with Gasteiger partial charge in [-0.3, -0.25) is 0 Å². The van der Waals surface area contributed by atoms with Crippen molar-refractivity contribution in [1.82, 2.24) is 0 Å². The number of carboxylic acid groups (broad SMARTS) is 2. The SMILES string of the molecule is O=C(O)C(=NO)C(=O)O.[Ag]. The molecule has 10 heavy (non-hydrogen) atoms. The maximum atomic E-state index is 9.70. The number of rotatable bonds is 2. The minimum Gasteiger partial charge on any atom is -0.476 e. The van der Waals surface area contributed by atoms with Crippen LogP contribution in [0, 0.1) is 0 Å². The number of hydrogen-bond donors (Lipinski definition) is 3. The Bertz CT molecular complexity index is 160. The van der Waals surface area contributed by atoms with Crippen LogP contribution in [0.25, 0.3) is 0 Å². The molecule has 0 aliphatic rings.